The number of aromatic nitrogens is 1. The molecule has 4 nitrogen and oxygen atoms in total. The first-order valence-electron chi connectivity index (χ1n) is 8.71. The first-order chi connectivity index (χ1) is 11.7. The number of hydrogen-bond donors (Lipinski definition) is 0. The molecule has 1 aromatic carbocycles. The van der Waals surface area contributed by atoms with E-state index in [1.807, 2.05) is 36.3 Å². The standard InChI is InChI=1S/C20H23N3O/c1-22-18-8-3-2-7-17(18)20(19(22)24)10-14-23(15-11-20)13-9-16-6-4-5-12-21-16/h2-8,12H,9-11,13-15H2,1H3. The van der Waals surface area contributed by atoms with E-state index in [1.165, 1.54) is 5.56 Å². The van der Waals surface area contributed by atoms with E-state index < -0.39 is 0 Å². The van der Waals surface area contributed by atoms with Gasteiger partial charge in [0.25, 0.3) is 0 Å². The molecule has 124 valence electrons. The van der Waals surface area contributed by atoms with E-state index in [9.17, 15) is 4.79 Å². The Hall–Kier alpha value is -2.20. The van der Waals surface area contributed by atoms with Crippen molar-refractivity contribution in [2.75, 3.05) is 31.6 Å². The van der Waals surface area contributed by atoms with E-state index in [1.54, 1.807) is 0 Å². The van der Waals surface area contributed by atoms with E-state index >= 15 is 0 Å². The average molecular weight is 321 g/mol. The summed E-state index contributed by atoms with van der Waals surface area (Å²) in [5, 5.41) is 0. The Morgan fingerprint density at radius 1 is 1.08 bits per heavy atom. The molecule has 1 amide bonds. The van der Waals surface area contributed by atoms with Crippen LogP contribution < -0.4 is 4.90 Å². The van der Waals surface area contributed by atoms with E-state index in [4.69, 9.17) is 0 Å². The van der Waals surface area contributed by atoms with Gasteiger partial charge in [0, 0.05) is 37.6 Å². The number of anilines is 1. The zero-order valence-electron chi connectivity index (χ0n) is 14.1. The molecule has 0 bridgehead atoms. The Balaban J connectivity index is 1.45. The predicted octanol–water partition coefficient (Wildman–Crippen LogP) is 2.63. The number of piperidine rings is 1. The molecule has 2 aliphatic heterocycles. The minimum atomic E-state index is -0.299. The molecule has 2 aromatic rings. The number of para-hydroxylation sites is 1. The number of rotatable bonds is 3. The van der Waals surface area contributed by atoms with Crippen LogP contribution in [0.4, 0.5) is 5.69 Å². The maximum Gasteiger partial charge on any atom is 0.237 e. The van der Waals surface area contributed by atoms with Gasteiger partial charge in [-0.15, -0.1) is 0 Å². The van der Waals surface area contributed by atoms with Crippen LogP contribution in [0.15, 0.2) is 48.7 Å². The van der Waals surface area contributed by atoms with Crippen LogP contribution >= 0.6 is 0 Å². The summed E-state index contributed by atoms with van der Waals surface area (Å²) < 4.78 is 0. The largest absolute Gasteiger partial charge is 0.314 e. The lowest BCUT2D eigenvalue weighted by Crippen LogP contribution is -2.48. The molecular weight excluding hydrogens is 298 g/mol. The maximum absolute atomic E-state index is 12.9. The monoisotopic (exact) mass is 321 g/mol. The van der Waals surface area contributed by atoms with E-state index in [0.717, 1.165) is 50.3 Å². The van der Waals surface area contributed by atoms with Crippen LogP contribution in [0.5, 0.6) is 0 Å². The van der Waals surface area contributed by atoms with E-state index in [2.05, 4.69) is 34.1 Å². The van der Waals surface area contributed by atoms with Gasteiger partial charge in [-0.3, -0.25) is 9.78 Å². The van der Waals surface area contributed by atoms with Gasteiger partial charge < -0.3 is 9.80 Å². The molecule has 0 unspecified atom stereocenters. The molecule has 1 spiro atoms. The van der Waals surface area contributed by atoms with E-state index in [0.29, 0.717) is 0 Å². The molecule has 0 N–H and O–H groups in total. The van der Waals surface area contributed by atoms with Crippen molar-refractivity contribution in [1.29, 1.82) is 0 Å². The Kier molecular flexibility index (Phi) is 3.85. The lowest BCUT2D eigenvalue weighted by Gasteiger charge is -2.38. The molecule has 1 saturated heterocycles. The smallest absolute Gasteiger partial charge is 0.237 e. The molecule has 4 rings (SSSR count). The number of amides is 1. The van der Waals surface area contributed by atoms with Crippen LogP contribution in [-0.2, 0) is 16.6 Å². The second-order valence-corrected chi connectivity index (χ2v) is 6.88. The highest BCUT2D eigenvalue weighted by Gasteiger charge is 2.50. The summed E-state index contributed by atoms with van der Waals surface area (Å²) in [5.74, 6) is 0.271. The third kappa shape index (κ3) is 2.42. The van der Waals surface area contributed by atoms with Gasteiger partial charge in [-0.25, -0.2) is 0 Å². The van der Waals surface area contributed by atoms with Gasteiger partial charge in [-0.2, -0.15) is 0 Å². The molecule has 0 radical (unpaired) electrons. The van der Waals surface area contributed by atoms with Crippen molar-refractivity contribution in [1.82, 2.24) is 9.88 Å². The molecule has 24 heavy (non-hydrogen) atoms. The topological polar surface area (TPSA) is 36.4 Å². The Morgan fingerprint density at radius 3 is 2.58 bits per heavy atom. The Morgan fingerprint density at radius 2 is 1.83 bits per heavy atom. The average Bonchev–Trinajstić information content (AvgIpc) is 2.85. The molecule has 2 aliphatic rings. The molecule has 0 saturated carbocycles. The number of likely N-dealkylation sites (N-methyl/N-ethyl adjacent to an activating group) is 1. The van der Waals surface area contributed by atoms with Crippen molar-refractivity contribution in [2.45, 2.75) is 24.7 Å². The highest BCUT2D eigenvalue weighted by Crippen LogP contribution is 2.47. The molecule has 1 fully saturated rings. The molecular formula is C20H23N3O. The fraction of sp³-hybridized carbons (Fsp3) is 0.400. The molecule has 0 aliphatic carbocycles. The van der Waals surface area contributed by atoms with Gasteiger partial charge in [0.2, 0.25) is 5.91 Å². The van der Waals surface area contributed by atoms with Crippen molar-refractivity contribution < 1.29 is 4.79 Å². The zero-order chi connectivity index (χ0) is 16.6. The first-order valence-corrected chi connectivity index (χ1v) is 8.71. The predicted molar refractivity (Wildman–Crippen MR) is 95.1 cm³/mol. The lowest BCUT2D eigenvalue weighted by atomic mass is 9.73. The molecule has 1 aromatic heterocycles. The van der Waals surface area contributed by atoms with Crippen LogP contribution in [0, 0.1) is 0 Å². The number of hydrogen-bond acceptors (Lipinski definition) is 3. The van der Waals surface area contributed by atoms with Gasteiger partial charge in [0.1, 0.15) is 0 Å². The quantitative estimate of drug-likeness (QED) is 0.872. The minimum absolute atomic E-state index is 0.271. The van der Waals surface area contributed by atoms with Crippen LogP contribution in [0.3, 0.4) is 0 Å². The normalized spacial score (nSPS) is 19.7. The molecule has 0 atom stereocenters. The van der Waals surface area contributed by atoms with E-state index in [-0.39, 0.29) is 11.3 Å². The van der Waals surface area contributed by atoms with Gasteiger partial charge in [-0.1, -0.05) is 24.3 Å². The number of likely N-dealkylation sites (tertiary alicyclic amines) is 1. The van der Waals surface area contributed by atoms with Crippen molar-refractivity contribution in [3.8, 4) is 0 Å². The van der Waals surface area contributed by atoms with Crippen molar-refractivity contribution in [2.24, 2.45) is 0 Å². The summed E-state index contributed by atoms with van der Waals surface area (Å²) in [6.07, 6.45) is 4.65. The number of carbonyl (C=O) groups is 1. The number of pyridine rings is 1. The van der Waals surface area contributed by atoms with Crippen molar-refractivity contribution in [3.63, 3.8) is 0 Å². The van der Waals surface area contributed by atoms with Gasteiger partial charge >= 0.3 is 0 Å². The van der Waals surface area contributed by atoms with Crippen LogP contribution in [0.1, 0.15) is 24.1 Å². The first kappa shape index (κ1) is 15.3. The van der Waals surface area contributed by atoms with Gasteiger partial charge in [-0.05, 0) is 49.7 Å². The highest BCUT2D eigenvalue weighted by molar-refractivity contribution is 6.07. The van der Waals surface area contributed by atoms with Crippen LogP contribution in [0.25, 0.3) is 0 Å². The van der Waals surface area contributed by atoms with Crippen molar-refractivity contribution >= 4 is 11.6 Å². The molecule has 4 heteroatoms. The third-order valence-electron chi connectivity index (χ3n) is 5.61. The second kappa shape index (κ2) is 6.02. The highest BCUT2D eigenvalue weighted by atomic mass is 16.2. The van der Waals surface area contributed by atoms with Gasteiger partial charge in [0.05, 0.1) is 5.41 Å². The minimum Gasteiger partial charge on any atom is -0.314 e. The van der Waals surface area contributed by atoms with Gasteiger partial charge in [0.15, 0.2) is 0 Å². The summed E-state index contributed by atoms with van der Waals surface area (Å²) in [6, 6.07) is 14.3. The summed E-state index contributed by atoms with van der Waals surface area (Å²) in [7, 11) is 1.91. The second-order valence-electron chi connectivity index (χ2n) is 6.88. The SMILES string of the molecule is CN1C(=O)C2(CCN(CCc3ccccn3)CC2)c2ccccc21. The Bertz CT molecular complexity index is 736. The summed E-state index contributed by atoms with van der Waals surface area (Å²) in [6.45, 7) is 2.96. The maximum atomic E-state index is 12.9. The van der Waals surface area contributed by atoms with Crippen molar-refractivity contribution in [3.05, 3.63) is 59.9 Å². The third-order valence-corrected chi connectivity index (χ3v) is 5.61. The summed E-state index contributed by atoms with van der Waals surface area (Å²) in [5.41, 5.74) is 3.15. The van der Waals surface area contributed by atoms with Crippen LogP contribution in [0.2, 0.25) is 0 Å². The summed E-state index contributed by atoms with van der Waals surface area (Å²) in [4.78, 5) is 21.6. The Labute approximate surface area is 143 Å². The number of fused-ring (bicyclic) bond motifs is 2. The number of benzene rings is 1. The lowest BCUT2D eigenvalue weighted by molar-refractivity contribution is -0.124. The fourth-order valence-corrected chi connectivity index (χ4v) is 4.18. The summed E-state index contributed by atoms with van der Waals surface area (Å²) >= 11 is 0. The van der Waals surface area contributed by atoms with Crippen LogP contribution in [-0.4, -0.2) is 42.5 Å². The molecule has 3 heterocycles. The number of nitrogens with zero attached hydrogens (tertiary/aromatic N) is 3. The zero-order valence-corrected chi connectivity index (χ0v) is 14.1. The fourth-order valence-electron chi connectivity index (χ4n) is 4.18. The number of carbonyl (C=O) groups excluding carboxylic acids is 1.